The van der Waals surface area contributed by atoms with Gasteiger partial charge >= 0.3 is 5.97 Å². The van der Waals surface area contributed by atoms with Gasteiger partial charge in [0.15, 0.2) is 5.43 Å². The first kappa shape index (κ1) is 28.6. The van der Waals surface area contributed by atoms with Gasteiger partial charge in [-0.05, 0) is 73.0 Å². The third-order valence-electron chi connectivity index (χ3n) is 7.16. The minimum absolute atomic E-state index is 0.0118. The number of anilines is 1. The van der Waals surface area contributed by atoms with E-state index in [-0.39, 0.29) is 16.8 Å². The van der Waals surface area contributed by atoms with Gasteiger partial charge in [-0.2, -0.15) is 0 Å². The fourth-order valence-corrected chi connectivity index (χ4v) is 5.33. The summed E-state index contributed by atoms with van der Waals surface area (Å²) in [4.78, 5) is 41.7. The highest BCUT2D eigenvalue weighted by atomic mass is 79.9. The van der Waals surface area contributed by atoms with E-state index in [0.29, 0.717) is 35.4 Å². The maximum absolute atomic E-state index is 13.9. The molecule has 4 aromatic rings. The highest BCUT2D eigenvalue weighted by molar-refractivity contribution is 9.10. The molecule has 0 spiro atoms. The molecule has 0 radical (unpaired) electrons. The summed E-state index contributed by atoms with van der Waals surface area (Å²) in [6.07, 6.45) is 4.91. The van der Waals surface area contributed by atoms with Crippen LogP contribution < -0.4 is 15.1 Å². The Morgan fingerprint density at radius 3 is 2.34 bits per heavy atom. The topological polar surface area (TPSA) is 86.0 Å². The van der Waals surface area contributed by atoms with Crippen LogP contribution in [0.25, 0.3) is 11.0 Å². The predicted octanol–water partition coefficient (Wildman–Crippen LogP) is 7.83. The van der Waals surface area contributed by atoms with Gasteiger partial charge in [0.2, 0.25) is 5.76 Å². The standard InChI is InChI=1S/C33H32BrNO6/c1-3-5-7-19-39-25-15-10-21(11-16-25)29-28-30(36)26-20-23(34)12-17-27(26)41-31(28)32(37)35(29)24-13-8-22(9-14-24)33(38)40-18-6-4-2/h8-17,20,29H,3-7,18-19H2,1-2H3. The smallest absolute Gasteiger partial charge is 0.338 e. The van der Waals surface area contributed by atoms with E-state index in [4.69, 9.17) is 13.9 Å². The number of ether oxygens (including phenoxy) is 2. The van der Waals surface area contributed by atoms with Gasteiger partial charge in [0.1, 0.15) is 11.3 Å². The van der Waals surface area contributed by atoms with Crippen LogP contribution in [0, 0.1) is 0 Å². The maximum atomic E-state index is 13.9. The number of hydrogen-bond acceptors (Lipinski definition) is 6. The number of carbonyl (C=O) groups excluding carboxylic acids is 2. The van der Waals surface area contributed by atoms with Gasteiger partial charge < -0.3 is 13.9 Å². The van der Waals surface area contributed by atoms with Crippen molar-refractivity contribution in [1.29, 1.82) is 0 Å². The molecule has 8 heteroatoms. The van der Waals surface area contributed by atoms with Crippen molar-refractivity contribution in [1.82, 2.24) is 0 Å². The van der Waals surface area contributed by atoms with Crippen LogP contribution in [0.1, 0.15) is 84.0 Å². The molecule has 7 nitrogen and oxygen atoms in total. The highest BCUT2D eigenvalue weighted by Gasteiger charge is 2.43. The molecule has 1 amide bonds. The van der Waals surface area contributed by atoms with Crippen molar-refractivity contribution in [3.05, 3.63) is 104 Å². The van der Waals surface area contributed by atoms with E-state index < -0.39 is 17.9 Å². The Bertz CT molecular complexity index is 1610. The molecule has 0 saturated carbocycles. The van der Waals surface area contributed by atoms with Crippen molar-refractivity contribution in [2.45, 2.75) is 52.0 Å². The molecular weight excluding hydrogens is 586 g/mol. The van der Waals surface area contributed by atoms with Crippen LogP contribution in [0.5, 0.6) is 5.75 Å². The summed E-state index contributed by atoms with van der Waals surface area (Å²) in [5.41, 5.74) is 2.01. The monoisotopic (exact) mass is 617 g/mol. The summed E-state index contributed by atoms with van der Waals surface area (Å²) >= 11 is 3.43. The first-order valence-electron chi connectivity index (χ1n) is 14.0. The van der Waals surface area contributed by atoms with Crippen LogP contribution in [-0.2, 0) is 4.74 Å². The minimum atomic E-state index is -0.728. The number of carbonyl (C=O) groups is 2. The van der Waals surface area contributed by atoms with Crippen LogP contribution in [0.15, 0.2) is 80.4 Å². The minimum Gasteiger partial charge on any atom is -0.494 e. The Kier molecular flexibility index (Phi) is 8.88. The van der Waals surface area contributed by atoms with Crippen molar-refractivity contribution in [3.63, 3.8) is 0 Å². The molecule has 0 fully saturated rings. The summed E-state index contributed by atoms with van der Waals surface area (Å²) in [6, 6.07) is 18.5. The average molecular weight is 619 g/mol. The lowest BCUT2D eigenvalue weighted by molar-refractivity contribution is 0.0499. The lowest BCUT2D eigenvalue weighted by Crippen LogP contribution is -2.29. The molecule has 0 bridgehead atoms. The number of rotatable bonds is 11. The molecule has 212 valence electrons. The van der Waals surface area contributed by atoms with Gasteiger partial charge in [-0.3, -0.25) is 14.5 Å². The Labute approximate surface area is 247 Å². The molecule has 3 aromatic carbocycles. The third kappa shape index (κ3) is 5.93. The molecule has 0 N–H and O–H groups in total. The first-order chi connectivity index (χ1) is 19.9. The quantitative estimate of drug-likeness (QED) is 0.126. The molecule has 41 heavy (non-hydrogen) atoms. The molecule has 1 atom stereocenters. The Morgan fingerprint density at radius 2 is 1.63 bits per heavy atom. The van der Waals surface area contributed by atoms with E-state index in [1.807, 2.05) is 31.2 Å². The van der Waals surface area contributed by atoms with Crippen LogP contribution in [0.2, 0.25) is 0 Å². The second kappa shape index (κ2) is 12.7. The van der Waals surface area contributed by atoms with E-state index in [2.05, 4.69) is 22.9 Å². The first-order valence-corrected chi connectivity index (χ1v) is 14.8. The Morgan fingerprint density at radius 1 is 0.902 bits per heavy atom. The maximum Gasteiger partial charge on any atom is 0.338 e. The van der Waals surface area contributed by atoms with E-state index in [1.54, 1.807) is 47.4 Å². The fraction of sp³-hybridized carbons (Fsp3) is 0.303. The normalized spacial score (nSPS) is 14.4. The molecule has 1 aliphatic heterocycles. The van der Waals surface area contributed by atoms with E-state index >= 15 is 0 Å². The SMILES string of the molecule is CCCCCOc1ccc(C2c3c(oc4ccc(Br)cc4c3=O)C(=O)N2c2ccc(C(=O)OCCCC)cc2)cc1. The summed E-state index contributed by atoms with van der Waals surface area (Å²) in [7, 11) is 0. The molecule has 1 aromatic heterocycles. The number of esters is 1. The second-order valence-electron chi connectivity index (χ2n) is 10.1. The molecule has 5 rings (SSSR count). The number of benzene rings is 3. The second-order valence-corrected chi connectivity index (χ2v) is 11.0. The summed E-state index contributed by atoms with van der Waals surface area (Å²) in [5.74, 6) is -0.106. The average Bonchev–Trinajstić information content (AvgIpc) is 3.28. The lowest BCUT2D eigenvalue weighted by Gasteiger charge is -2.25. The van der Waals surface area contributed by atoms with Gasteiger partial charge in [0.05, 0.1) is 35.8 Å². The van der Waals surface area contributed by atoms with E-state index in [1.165, 1.54) is 0 Å². The van der Waals surface area contributed by atoms with Crippen LogP contribution >= 0.6 is 15.9 Å². The van der Waals surface area contributed by atoms with Gasteiger partial charge in [-0.25, -0.2) is 4.79 Å². The molecule has 1 unspecified atom stereocenters. The zero-order valence-electron chi connectivity index (χ0n) is 23.2. The van der Waals surface area contributed by atoms with E-state index in [9.17, 15) is 14.4 Å². The number of amides is 1. The number of unbranched alkanes of at least 4 members (excludes halogenated alkanes) is 3. The van der Waals surface area contributed by atoms with Crippen molar-refractivity contribution in [2.24, 2.45) is 0 Å². The molecular formula is C33H32BrNO6. The highest BCUT2D eigenvalue weighted by Crippen LogP contribution is 2.41. The number of hydrogen-bond donors (Lipinski definition) is 0. The third-order valence-corrected chi connectivity index (χ3v) is 7.65. The number of halogens is 1. The summed E-state index contributed by atoms with van der Waals surface area (Å²) in [6.45, 7) is 5.16. The summed E-state index contributed by atoms with van der Waals surface area (Å²) < 4.78 is 18.0. The number of nitrogens with zero attached hydrogens (tertiary/aromatic N) is 1. The number of fused-ring (bicyclic) bond motifs is 2. The summed E-state index contributed by atoms with van der Waals surface area (Å²) in [5, 5.41) is 0.388. The zero-order valence-corrected chi connectivity index (χ0v) is 24.7. The lowest BCUT2D eigenvalue weighted by atomic mass is 9.98. The largest absolute Gasteiger partial charge is 0.494 e. The predicted molar refractivity (Wildman–Crippen MR) is 162 cm³/mol. The van der Waals surface area contributed by atoms with E-state index in [0.717, 1.165) is 47.9 Å². The van der Waals surface area contributed by atoms with Crippen LogP contribution in [0.4, 0.5) is 5.69 Å². The zero-order chi connectivity index (χ0) is 28.9. The molecule has 0 aliphatic carbocycles. The van der Waals surface area contributed by atoms with Gasteiger partial charge in [-0.15, -0.1) is 0 Å². The van der Waals surface area contributed by atoms with Crippen molar-refractivity contribution >= 4 is 44.5 Å². The molecule has 0 saturated heterocycles. The Hall–Kier alpha value is -3.91. The van der Waals surface area contributed by atoms with Crippen molar-refractivity contribution in [3.8, 4) is 5.75 Å². The van der Waals surface area contributed by atoms with Crippen molar-refractivity contribution < 1.29 is 23.5 Å². The molecule has 1 aliphatic rings. The van der Waals surface area contributed by atoms with Gasteiger partial charge in [0.25, 0.3) is 5.91 Å². The van der Waals surface area contributed by atoms with Gasteiger partial charge in [-0.1, -0.05) is 61.2 Å². The Balaban J connectivity index is 1.54. The van der Waals surface area contributed by atoms with Gasteiger partial charge in [0, 0.05) is 10.2 Å². The van der Waals surface area contributed by atoms with Crippen LogP contribution in [0.3, 0.4) is 0 Å². The van der Waals surface area contributed by atoms with Crippen LogP contribution in [-0.4, -0.2) is 25.1 Å². The van der Waals surface area contributed by atoms with Crippen molar-refractivity contribution in [2.75, 3.05) is 18.1 Å². The molecule has 2 heterocycles. The fourth-order valence-electron chi connectivity index (χ4n) is 4.97.